The van der Waals surface area contributed by atoms with Gasteiger partial charge in [-0.25, -0.2) is 0 Å². The second-order valence-electron chi connectivity index (χ2n) is 7.84. The molecule has 6 heteroatoms. The van der Waals surface area contributed by atoms with Gasteiger partial charge in [-0.05, 0) is 38.0 Å². The molecule has 4 nitrogen and oxygen atoms in total. The molecule has 1 saturated carbocycles. The number of carboxylic acids is 1. The fourth-order valence-electron chi connectivity index (χ4n) is 3.95. The van der Waals surface area contributed by atoms with E-state index < -0.39 is 17.7 Å². The minimum absolute atomic E-state index is 0.0342. The minimum atomic E-state index is -3.24. The predicted molar refractivity (Wildman–Crippen MR) is 99.9 cm³/mol. The van der Waals surface area contributed by atoms with Gasteiger partial charge in [0, 0.05) is 31.6 Å². The van der Waals surface area contributed by atoms with Gasteiger partial charge in [0.2, 0.25) is 5.78 Å². The Labute approximate surface area is 161 Å². The number of carbonyl (C=O) groups is 3. The Hall–Kier alpha value is -1.33. The maximum atomic E-state index is 13.9. The first-order valence-corrected chi connectivity index (χ1v) is 10.4. The van der Waals surface area contributed by atoms with Crippen LogP contribution in [0.1, 0.15) is 96.8 Å². The van der Waals surface area contributed by atoms with E-state index in [9.17, 15) is 23.2 Å². The molecule has 27 heavy (non-hydrogen) atoms. The fourth-order valence-corrected chi connectivity index (χ4v) is 3.95. The summed E-state index contributed by atoms with van der Waals surface area (Å²) in [5, 5.41) is 8.61. The van der Waals surface area contributed by atoms with Gasteiger partial charge in [-0.15, -0.1) is 0 Å². The minimum Gasteiger partial charge on any atom is -0.481 e. The highest BCUT2D eigenvalue weighted by Gasteiger charge is 2.39. The van der Waals surface area contributed by atoms with Crippen LogP contribution < -0.4 is 0 Å². The van der Waals surface area contributed by atoms with Crippen LogP contribution in [0.3, 0.4) is 0 Å². The lowest BCUT2D eigenvalue weighted by atomic mass is 9.85. The van der Waals surface area contributed by atoms with Crippen molar-refractivity contribution in [2.75, 3.05) is 0 Å². The zero-order valence-electron chi connectivity index (χ0n) is 16.5. The van der Waals surface area contributed by atoms with Crippen molar-refractivity contribution in [1.82, 2.24) is 0 Å². The van der Waals surface area contributed by atoms with Crippen LogP contribution in [0.5, 0.6) is 0 Å². The standard InChI is InChI=1S/C21H34F2O4/c1-2-3-8-15-21(22,23)19(25)14-12-16-11-13-18(24)17(16)9-6-4-5-7-10-20(26)27/h16-17H,2-15H2,1H3,(H,26,27)/t16-,17?/m1/s1. The lowest BCUT2D eigenvalue weighted by Gasteiger charge is -2.20. The zero-order valence-corrected chi connectivity index (χ0v) is 16.5. The maximum absolute atomic E-state index is 13.9. The fraction of sp³-hybridized carbons (Fsp3) is 0.857. The van der Waals surface area contributed by atoms with Gasteiger partial charge in [-0.1, -0.05) is 39.0 Å². The van der Waals surface area contributed by atoms with Gasteiger partial charge in [0.05, 0.1) is 0 Å². The molecule has 156 valence electrons. The Morgan fingerprint density at radius 2 is 1.74 bits per heavy atom. The molecule has 0 heterocycles. The first-order chi connectivity index (χ1) is 12.8. The van der Waals surface area contributed by atoms with E-state index in [1.807, 2.05) is 6.92 Å². The molecule has 0 aromatic rings. The van der Waals surface area contributed by atoms with Crippen molar-refractivity contribution < 1.29 is 28.3 Å². The molecule has 1 rings (SSSR count). The molecule has 0 spiro atoms. The monoisotopic (exact) mass is 388 g/mol. The highest BCUT2D eigenvalue weighted by atomic mass is 19.3. The van der Waals surface area contributed by atoms with Crippen molar-refractivity contribution in [2.45, 2.75) is 103 Å². The number of alkyl halides is 2. The summed E-state index contributed by atoms with van der Waals surface area (Å²) in [7, 11) is 0. The SMILES string of the molecule is CCCCCC(F)(F)C(=O)CC[C@H]1CCC(=O)C1CCCCCCC(=O)O. The molecule has 0 aromatic carbocycles. The summed E-state index contributed by atoms with van der Waals surface area (Å²) >= 11 is 0. The van der Waals surface area contributed by atoms with Crippen LogP contribution in [-0.4, -0.2) is 28.6 Å². The number of halogens is 2. The van der Waals surface area contributed by atoms with Crippen molar-refractivity contribution in [3.8, 4) is 0 Å². The van der Waals surface area contributed by atoms with Crippen molar-refractivity contribution >= 4 is 17.5 Å². The number of ketones is 2. The Morgan fingerprint density at radius 3 is 2.41 bits per heavy atom. The number of Topliss-reactive ketones (excluding diaryl/α,β-unsaturated/α-hetero) is 2. The molecule has 1 aliphatic rings. The quantitative estimate of drug-likeness (QED) is 0.372. The summed E-state index contributed by atoms with van der Waals surface area (Å²) in [5.41, 5.74) is 0. The number of hydrogen-bond acceptors (Lipinski definition) is 3. The van der Waals surface area contributed by atoms with E-state index in [2.05, 4.69) is 0 Å². The molecule has 0 aromatic heterocycles. The number of carbonyl (C=O) groups excluding carboxylic acids is 2. The third kappa shape index (κ3) is 8.93. The summed E-state index contributed by atoms with van der Waals surface area (Å²) in [5.74, 6) is -4.91. The highest BCUT2D eigenvalue weighted by molar-refractivity contribution is 5.86. The highest BCUT2D eigenvalue weighted by Crippen LogP contribution is 2.37. The number of rotatable bonds is 15. The summed E-state index contributed by atoms with van der Waals surface area (Å²) < 4.78 is 27.8. The lowest BCUT2D eigenvalue weighted by molar-refractivity contribution is -0.144. The summed E-state index contributed by atoms with van der Waals surface area (Å²) in [4.78, 5) is 34.5. The Balaban J connectivity index is 2.34. The largest absolute Gasteiger partial charge is 0.481 e. The second kappa shape index (κ2) is 12.2. The molecule has 0 bridgehead atoms. The average Bonchev–Trinajstić information content (AvgIpc) is 2.95. The van der Waals surface area contributed by atoms with Gasteiger partial charge >= 0.3 is 11.9 Å². The predicted octanol–water partition coefficient (Wildman–Crippen LogP) is 5.57. The molecular weight excluding hydrogens is 354 g/mol. The normalized spacial score (nSPS) is 20.2. The van der Waals surface area contributed by atoms with Crippen LogP contribution in [0.25, 0.3) is 0 Å². The molecule has 1 fully saturated rings. The maximum Gasteiger partial charge on any atom is 0.305 e. The van der Waals surface area contributed by atoms with Gasteiger partial charge in [-0.3, -0.25) is 14.4 Å². The molecule has 1 aliphatic carbocycles. The van der Waals surface area contributed by atoms with E-state index in [0.717, 1.165) is 32.1 Å². The van der Waals surface area contributed by atoms with Gasteiger partial charge in [-0.2, -0.15) is 8.78 Å². The van der Waals surface area contributed by atoms with Gasteiger partial charge in [0.25, 0.3) is 0 Å². The third-order valence-electron chi connectivity index (χ3n) is 5.64. The summed E-state index contributed by atoms with van der Waals surface area (Å²) in [6.07, 6.45) is 6.99. The topological polar surface area (TPSA) is 71.4 Å². The average molecular weight is 388 g/mol. The number of aliphatic carboxylic acids is 1. The molecule has 0 radical (unpaired) electrons. The Morgan fingerprint density at radius 1 is 1.04 bits per heavy atom. The number of unbranched alkanes of at least 4 members (excludes halogenated alkanes) is 5. The first kappa shape index (κ1) is 23.7. The smallest absolute Gasteiger partial charge is 0.305 e. The molecule has 0 aliphatic heterocycles. The van der Waals surface area contributed by atoms with Crippen LogP contribution in [0.15, 0.2) is 0 Å². The van der Waals surface area contributed by atoms with Crippen LogP contribution in [0.4, 0.5) is 8.78 Å². The van der Waals surface area contributed by atoms with Crippen molar-refractivity contribution in [2.24, 2.45) is 11.8 Å². The first-order valence-electron chi connectivity index (χ1n) is 10.4. The van der Waals surface area contributed by atoms with E-state index in [-0.39, 0.29) is 36.9 Å². The molecular formula is C21H34F2O4. The van der Waals surface area contributed by atoms with Gasteiger partial charge in [0.1, 0.15) is 5.78 Å². The molecule has 0 saturated heterocycles. The third-order valence-corrected chi connectivity index (χ3v) is 5.64. The van der Waals surface area contributed by atoms with E-state index >= 15 is 0 Å². The summed E-state index contributed by atoms with van der Waals surface area (Å²) in [6.45, 7) is 1.93. The van der Waals surface area contributed by atoms with Crippen LogP contribution in [-0.2, 0) is 14.4 Å². The molecule has 2 atom stereocenters. The zero-order chi connectivity index (χ0) is 20.3. The molecule has 1 N–H and O–H groups in total. The molecule has 0 amide bonds. The van der Waals surface area contributed by atoms with E-state index in [4.69, 9.17) is 5.11 Å². The second-order valence-corrected chi connectivity index (χ2v) is 7.84. The Kier molecular flexibility index (Phi) is 10.7. The number of hydrogen-bond donors (Lipinski definition) is 1. The Bertz CT molecular complexity index is 491. The molecule has 1 unspecified atom stereocenters. The van der Waals surface area contributed by atoms with Gasteiger partial charge < -0.3 is 5.11 Å². The van der Waals surface area contributed by atoms with Crippen LogP contribution in [0, 0.1) is 11.8 Å². The van der Waals surface area contributed by atoms with Crippen molar-refractivity contribution in [1.29, 1.82) is 0 Å². The van der Waals surface area contributed by atoms with Crippen LogP contribution in [0.2, 0.25) is 0 Å². The van der Waals surface area contributed by atoms with E-state index in [1.54, 1.807) is 0 Å². The van der Waals surface area contributed by atoms with Crippen molar-refractivity contribution in [3.05, 3.63) is 0 Å². The van der Waals surface area contributed by atoms with Gasteiger partial charge in [0.15, 0.2) is 0 Å². The lowest BCUT2D eigenvalue weighted by Crippen LogP contribution is -2.29. The summed E-state index contributed by atoms with van der Waals surface area (Å²) in [6, 6.07) is 0. The number of carboxylic acid groups (broad SMARTS) is 1. The van der Waals surface area contributed by atoms with E-state index in [1.165, 1.54) is 0 Å². The van der Waals surface area contributed by atoms with Crippen molar-refractivity contribution in [3.63, 3.8) is 0 Å². The van der Waals surface area contributed by atoms with Crippen LogP contribution >= 0.6 is 0 Å². The van der Waals surface area contributed by atoms with E-state index in [0.29, 0.717) is 38.5 Å².